The summed E-state index contributed by atoms with van der Waals surface area (Å²) in [6, 6.07) is 10.5. The van der Waals surface area contributed by atoms with E-state index in [0.717, 1.165) is 4.90 Å². The summed E-state index contributed by atoms with van der Waals surface area (Å²) >= 11 is 0. The van der Waals surface area contributed by atoms with Crippen LogP contribution < -0.4 is 19.7 Å². The number of benzene rings is 2. The monoisotopic (exact) mass is 440 g/mol. The van der Waals surface area contributed by atoms with Gasteiger partial charge in [-0.3, -0.25) is 19.7 Å². The molecule has 2 saturated heterocycles. The van der Waals surface area contributed by atoms with Gasteiger partial charge in [0.05, 0.1) is 31.2 Å². The second-order valence-electron chi connectivity index (χ2n) is 7.94. The second-order valence-corrected chi connectivity index (χ2v) is 7.94. The number of fused-ring (bicyclic) bond motifs is 1. The molecular weight excluding hydrogens is 416 g/mol. The number of para-hydroxylation sites is 3. The van der Waals surface area contributed by atoms with E-state index in [-0.39, 0.29) is 17.2 Å². The summed E-state index contributed by atoms with van der Waals surface area (Å²) in [5.41, 5.74) is -1.19. The van der Waals surface area contributed by atoms with Crippen molar-refractivity contribution in [1.82, 2.24) is 5.32 Å². The zero-order chi connectivity index (χ0) is 23.2. The summed E-state index contributed by atoms with van der Waals surface area (Å²) < 4.78 is 10.8. The molecule has 2 amide bonds. The molecule has 4 rings (SSSR count). The molecule has 3 N–H and O–H groups in total. The van der Waals surface area contributed by atoms with Gasteiger partial charge < -0.3 is 19.7 Å². The number of hydrogen-bond donors (Lipinski definition) is 3. The SMILES string of the molecule is CCOc1cccc([C@H]2N[C@](C)(C(=O)O)[C@@H]3C(=O)N(c4ccccc4OC)C(=O)[C@@H]23)c1O. The van der Waals surface area contributed by atoms with Crippen molar-refractivity contribution >= 4 is 23.5 Å². The lowest BCUT2D eigenvalue weighted by molar-refractivity contribution is -0.147. The van der Waals surface area contributed by atoms with Gasteiger partial charge in [0.1, 0.15) is 11.3 Å². The van der Waals surface area contributed by atoms with E-state index in [1.54, 1.807) is 49.4 Å². The summed E-state index contributed by atoms with van der Waals surface area (Å²) in [6.07, 6.45) is 0. The Labute approximate surface area is 184 Å². The number of phenolic OH excluding ortho intramolecular Hbond substituents is 1. The molecule has 2 aliphatic heterocycles. The van der Waals surface area contributed by atoms with Gasteiger partial charge in [-0.25, -0.2) is 4.90 Å². The van der Waals surface area contributed by atoms with Crippen molar-refractivity contribution in [1.29, 1.82) is 0 Å². The maximum atomic E-state index is 13.6. The van der Waals surface area contributed by atoms with E-state index in [9.17, 15) is 24.6 Å². The fraction of sp³-hybridized carbons (Fsp3) is 0.348. The number of aromatic hydroxyl groups is 1. The molecule has 2 aliphatic rings. The van der Waals surface area contributed by atoms with E-state index in [1.807, 2.05) is 0 Å². The van der Waals surface area contributed by atoms with Crippen LogP contribution in [0.5, 0.6) is 17.2 Å². The number of carboxylic acids is 1. The second kappa shape index (κ2) is 7.83. The number of nitrogens with zero attached hydrogens (tertiary/aromatic N) is 1. The third-order valence-corrected chi connectivity index (χ3v) is 6.22. The first-order valence-corrected chi connectivity index (χ1v) is 10.2. The van der Waals surface area contributed by atoms with Gasteiger partial charge in [-0.1, -0.05) is 24.3 Å². The molecule has 9 heteroatoms. The lowest BCUT2D eigenvalue weighted by Gasteiger charge is -2.28. The van der Waals surface area contributed by atoms with Crippen molar-refractivity contribution in [2.24, 2.45) is 11.8 Å². The highest BCUT2D eigenvalue weighted by Crippen LogP contribution is 2.52. The smallest absolute Gasteiger partial charge is 0.324 e. The minimum atomic E-state index is -1.73. The maximum Gasteiger partial charge on any atom is 0.324 e. The topological polar surface area (TPSA) is 125 Å². The molecule has 0 aliphatic carbocycles. The highest BCUT2D eigenvalue weighted by Gasteiger charge is 2.67. The van der Waals surface area contributed by atoms with Gasteiger partial charge in [-0.2, -0.15) is 0 Å². The fourth-order valence-electron chi connectivity index (χ4n) is 4.72. The number of aliphatic carboxylic acids is 1. The first kappa shape index (κ1) is 21.6. The first-order valence-electron chi connectivity index (χ1n) is 10.2. The number of nitrogens with one attached hydrogen (secondary N) is 1. The van der Waals surface area contributed by atoms with Gasteiger partial charge in [0.25, 0.3) is 0 Å². The van der Waals surface area contributed by atoms with Crippen molar-refractivity contribution in [3.05, 3.63) is 48.0 Å². The number of amides is 2. The van der Waals surface area contributed by atoms with Crippen molar-refractivity contribution < 1.29 is 34.1 Å². The quantitative estimate of drug-likeness (QED) is 0.583. The summed E-state index contributed by atoms with van der Waals surface area (Å²) in [5.74, 6) is -4.36. The van der Waals surface area contributed by atoms with E-state index in [2.05, 4.69) is 5.32 Å². The van der Waals surface area contributed by atoms with Crippen molar-refractivity contribution in [3.63, 3.8) is 0 Å². The summed E-state index contributed by atoms with van der Waals surface area (Å²) in [4.78, 5) is 40.3. The van der Waals surface area contributed by atoms with E-state index < -0.39 is 41.2 Å². The standard InChI is InChI=1S/C23H24N2O7/c1-4-32-15-11-7-8-12(19(15)26)18-16-17(23(2,24-18)22(29)30)21(28)25(20(16)27)13-9-5-6-10-14(13)31-3/h5-11,16-18,24,26H,4H2,1-3H3,(H,29,30)/t16-,17+,18-,23+/m1/s1. The average Bonchev–Trinajstić information content (AvgIpc) is 3.23. The molecule has 2 fully saturated rings. The molecule has 168 valence electrons. The largest absolute Gasteiger partial charge is 0.504 e. The predicted molar refractivity (Wildman–Crippen MR) is 114 cm³/mol. The zero-order valence-corrected chi connectivity index (χ0v) is 17.9. The number of phenols is 1. The molecule has 2 heterocycles. The van der Waals surface area contributed by atoms with Crippen molar-refractivity contribution in [2.45, 2.75) is 25.4 Å². The Hall–Kier alpha value is -3.59. The van der Waals surface area contributed by atoms with Crippen LogP contribution in [0.15, 0.2) is 42.5 Å². The normalized spacial score (nSPS) is 26.8. The zero-order valence-electron chi connectivity index (χ0n) is 17.9. The third-order valence-electron chi connectivity index (χ3n) is 6.22. The summed E-state index contributed by atoms with van der Waals surface area (Å²) in [7, 11) is 1.42. The Bertz CT molecular complexity index is 1100. The van der Waals surface area contributed by atoms with Gasteiger partial charge in [0, 0.05) is 11.6 Å². The number of carboxylic acid groups (broad SMARTS) is 1. The number of methoxy groups -OCH3 is 1. The number of hydrogen-bond acceptors (Lipinski definition) is 7. The number of anilines is 1. The van der Waals surface area contributed by atoms with Gasteiger partial charge in [0.15, 0.2) is 11.5 Å². The molecule has 9 nitrogen and oxygen atoms in total. The minimum absolute atomic E-state index is 0.198. The van der Waals surface area contributed by atoms with E-state index >= 15 is 0 Å². The van der Waals surface area contributed by atoms with Crippen LogP contribution in [-0.2, 0) is 14.4 Å². The van der Waals surface area contributed by atoms with Crippen molar-refractivity contribution in [3.8, 4) is 17.2 Å². The Morgan fingerprint density at radius 3 is 2.47 bits per heavy atom. The van der Waals surface area contributed by atoms with E-state index in [1.165, 1.54) is 14.0 Å². The highest BCUT2D eigenvalue weighted by molar-refractivity contribution is 6.24. The molecule has 0 bridgehead atoms. The Balaban J connectivity index is 1.85. The van der Waals surface area contributed by atoms with Crippen LogP contribution in [0.25, 0.3) is 0 Å². The molecule has 0 spiro atoms. The number of carbonyl (C=O) groups is 3. The van der Waals surface area contributed by atoms with Crippen molar-refractivity contribution in [2.75, 3.05) is 18.6 Å². The molecule has 0 saturated carbocycles. The molecular formula is C23H24N2O7. The first-order chi connectivity index (χ1) is 15.3. The average molecular weight is 440 g/mol. The molecule has 0 aromatic heterocycles. The molecule has 2 aromatic rings. The van der Waals surface area contributed by atoms with Crippen LogP contribution in [0.2, 0.25) is 0 Å². The van der Waals surface area contributed by atoms with Gasteiger partial charge in [-0.05, 0) is 32.0 Å². The van der Waals surface area contributed by atoms with Crippen LogP contribution in [-0.4, -0.2) is 47.3 Å². The molecule has 2 aromatic carbocycles. The predicted octanol–water partition coefficient (Wildman–Crippen LogP) is 2.09. The molecule has 0 unspecified atom stereocenters. The van der Waals surface area contributed by atoms with E-state index in [4.69, 9.17) is 9.47 Å². The molecule has 32 heavy (non-hydrogen) atoms. The fourth-order valence-corrected chi connectivity index (χ4v) is 4.72. The lowest BCUT2D eigenvalue weighted by Crippen LogP contribution is -2.53. The van der Waals surface area contributed by atoms with Gasteiger partial charge in [-0.15, -0.1) is 0 Å². The molecule has 0 radical (unpaired) electrons. The Morgan fingerprint density at radius 1 is 1.12 bits per heavy atom. The Morgan fingerprint density at radius 2 is 1.81 bits per heavy atom. The molecule has 4 atom stereocenters. The number of imide groups is 1. The number of rotatable bonds is 6. The van der Waals surface area contributed by atoms with E-state index in [0.29, 0.717) is 17.9 Å². The van der Waals surface area contributed by atoms with Gasteiger partial charge >= 0.3 is 5.97 Å². The maximum absolute atomic E-state index is 13.6. The van der Waals surface area contributed by atoms with Gasteiger partial charge in [0.2, 0.25) is 11.8 Å². The van der Waals surface area contributed by atoms with Crippen LogP contribution in [0, 0.1) is 11.8 Å². The number of carbonyl (C=O) groups excluding carboxylic acids is 2. The minimum Gasteiger partial charge on any atom is -0.504 e. The summed E-state index contributed by atoms with van der Waals surface area (Å²) in [6.45, 7) is 3.46. The van der Waals surface area contributed by atoms with Crippen LogP contribution in [0.3, 0.4) is 0 Å². The number of ether oxygens (including phenoxy) is 2. The lowest BCUT2D eigenvalue weighted by atomic mass is 9.80. The van der Waals surface area contributed by atoms with Crippen LogP contribution >= 0.6 is 0 Å². The Kier molecular flexibility index (Phi) is 5.29. The highest BCUT2D eigenvalue weighted by atomic mass is 16.5. The third kappa shape index (κ3) is 3.00. The van der Waals surface area contributed by atoms with Crippen LogP contribution in [0.1, 0.15) is 25.5 Å². The summed E-state index contributed by atoms with van der Waals surface area (Å²) in [5, 5.41) is 23.7. The van der Waals surface area contributed by atoms with Crippen LogP contribution in [0.4, 0.5) is 5.69 Å².